The summed E-state index contributed by atoms with van der Waals surface area (Å²) in [6.45, 7) is 2.18. The lowest BCUT2D eigenvalue weighted by atomic mass is 10.2. The number of fused-ring (bicyclic) bond motifs is 1. The Hall–Kier alpha value is -2.10. The molecule has 1 N–H and O–H groups in total. The standard InChI is InChI=1S/C15H17NO3/c1-11(17)4-2-3-9-19-13-7-5-12-6-8-15(18)16-14(12)10-13/h5-8,10H,2-4,9H2,1H3,(H,16,18). The summed E-state index contributed by atoms with van der Waals surface area (Å²) in [4.78, 5) is 24.8. The monoisotopic (exact) mass is 259 g/mol. The van der Waals surface area contributed by atoms with Crippen molar-refractivity contribution in [2.45, 2.75) is 26.2 Å². The molecule has 19 heavy (non-hydrogen) atoms. The van der Waals surface area contributed by atoms with E-state index in [1.165, 1.54) is 6.07 Å². The first-order valence-electron chi connectivity index (χ1n) is 6.40. The number of pyridine rings is 1. The molecule has 0 spiro atoms. The number of hydrogen-bond acceptors (Lipinski definition) is 3. The number of Topliss-reactive ketones (excluding diaryl/α,β-unsaturated/α-hetero) is 1. The molecule has 0 saturated carbocycles. The van der Waals surface area contributed by atoms with Crippen molar-refractivity contribution in [3.05, 3.63) is 40.7 Å². The van der Waals surface area contributed by atoms with Crippen molar-refractivity contribution in [2.75, 3.05) is 6.61 Å². The molecule has 0 fully saturated rings. The Morgan fingerprint density at radius 1 is 1.21 bits per heavy atom. The number of carbonyl (C=O) groups excluding carboxylic acids is 1. The van der Waals surface area contributed by atoms with Crippen molar-refractivity contribution >= 4 is 16.7 Å². The van der Waals surface area contributed by atoms with Crippen LogP contribution >= 0.6 is 0 Å². The quantitative estimate of drug-likeness (QED) is 0.811. The number of benzene rings is 1. The van der Waals surface area contributed by atoms with Crippen molar-refractivity contribution in [3.8, 4) is 5.75 Å². The van der Waals surface area contributed by atoms with Gasteiger partial charge in [0.1, 0.15) is 11.5 Å². The largest absolute Gasteiger partial charge is 0.494 e. The lowest BCUT2D eigenvalue weighted by molar-refractivity contribution is -0.117. The van der Waals surface area contributed by atoms with E-state index in [1.54, 1.807) is 13.0 Å². The number of H-pyrrole nitrogens is 1. The molecule has 4 heteroatoms. The zero-order valence-electron chi connectivity index (χ0n) is 10.9. The molecule has 1 heterocycles. The summed E-state index contributed by atoms with van der Waals surface area (Å²) in [5, 5.41) is 0.975. The number of hydrogen-bond donors (Lipinski definition) is 1. The van der Waals surface area contributed by atoms with Gasteiger partial charge in [0.05, 0.1) is 12.1 Å². The molecule has 4 nitrogen and oxygen atoms in total. The fourth-order valence-electron chi connectivity index (χ4n) is 1.88. The number of carbonyl (C=O) groups is 1. The van der Waals surface area contributed by atoms with Gasteiger partial charge in [0.2, 0.25) is 5.56 Å². The summed E-state index contributed by atoms with van der Waals surface area (Å²) in [5.41, 5.74) is 0.653. The Morgan fingerprint density at radius 3 is 2.79 bits per heavy atom. The minimum atomic E-state index is -0.119. The highest BCUT2D eigenvalue weighted by Crippen LogP contribution is 2.18. The fourth-order valence-corrected chi connectivity index (χ4v) is 1.88. The molecule has 100 valence electrons. The van der Waals surface area contributed by atoms with Crippen LogP contribution in [0, 0.1) is 0 Å². The van der Waals surface area contributed by atoms with E-state index in [0.717, 1.165) is 29.5 Å². The van der Waals surface area contributed by atoms with E-state index in [-0.39, 0.29) is 11.3 Å². The Labute approximate surface area is 111 Å². The summed E-state index contributed by atoms with van der Waals surface area (Å²) in [7, 11) is 0. The smallest absolute Gasteiger partial charge is 0.248 e. The third kappa shape index (κ3) is 3.95. The van der Waals surface area contributed by atoms with E-state index < -0.39 is 0 Å². The van der Waals surface area contributed by atoms with Gasteiger partial charge >= 0.3 is 0 Å². The van der Waals surface area contributed by atoms with E-state index in [9.17, 15) is 9.59 Å². The molecule has 2 aromatic rings. The van der Waals surface area contributed by atoms with Gasteiger partial charge in [0.25, 0.3) is 0 Å². The molecule has 0 aliphatic carbocycles. The normalized spacial score (nSPS) is 10.6. The summed E-state index contributed by atoms with van der Waals surface area (Å²) < 4.78 is 5.60. The van der Waals surface area contributed by atoms with Gasteiger partial charge in [-0.25, -0.2) is 0 Å². The van der Waals surface area contributed by atoms with Gasteiger partial charge in [-0.05, 0) is 43.4 Å². The van der Waals surface area contributed by atoms with E-state index in [2.05, 4.69) is 4.98 Å². The summed E-state index contributed by atoms with van der Waals surface area (Å²) >= 11 is 0. The van der Waals surface area contributed by atoms with Crippen molar-refractivity contribution < 1.29 is 9.53 Å². The third-order valence-corrected chi connectivity index (χ3v) is 2.89. The molecule has 0 aliphatic heterocycles. The fraction of sp³-hybridized carbons (Fsp3) is 0.333. The van der Waals surface area contributed by atoms with Crippen LogP contribution in [0.4, 0.5) is 0 Å². The van der Waals surface area contributed by atoms with Crippen LogP contribution in [0.5, 0.6) is 5.75 Å². The highest BCUT2D eigenvalue weighted by molar-refractivity contribution is 5.79. The van der Waals surface area contributed by atoms with Crippen LogP contribution < -0.4 is 10.3 Å². The summed E-state index contributed by atoms with van der Waals surface area (Å²) in [6.07, 6.45) is 2.30. The lowest BCUT2D eigenvalue weighted by Gasteiger charge is -2.06. The van der Waals surface area contributed by atoms with Gasteiger partial charge in [-0.1, -0.05) is 0 Å². The first kappa shape index (κ1) is 13.3. The molecule has 0 saturated heterocycles. The van der Waals surface area contributed by atoms with Gasteiger partial charge in [-0.3, -0.25) is 4.79 Å². The van der Waals surface area contributed by atoms with E-state index in [1.807, 2.05) is 18.2 Å². The van der Waals surface area contributed by atoms with Gasteiger partial charge < -0.3 is 14.5 Å². The average molecular weight is 259 g/mol. The number of ketones is 1. The average Bonchev–Trinajstić information content (AvgIpc) is 2.37. The van der Waals surface area contributed by atoms with E-state index >= 15 is 0 Å². The van der Waals surface area contributed by atoms with Crippen molar-refractivity contribution in [2.24, 2.45) is 0 Å². The SMILES string of the molecule is CC(=O)CCCCOc1ccc2ccc(=O)[nH]c2c1. The van der Waals surface area contributed by atoms with Crippen molar-refractivity contribution in [1.29, 1.82) is 0 Å². The minimum absolute atomic E-state index is 0.119. The van der Waals surface area contributed by atoms with Gasteiger partial charge in [-0.2, -0.15) is 0 Å². The predicted molar refractivity (Wildman–Crippen MR) is 74.6 cm³/mol. The molecule has 0 radical (unpaired) electrons. The first-order chi connectivity index (χ1) is 9.15. The number of nitrogens with one attached hydrogen (secondary N) is 1. The van der Waals surface area contributed by atoms with Crippen molar-refractivity contribution in [3.63, 3.8) is 0 Å². The maximum Gasteiger partial charge on any atom is 0.248 e. The molecule has 2 rings (SSSR count). The summed E-state index contributed by atoms with van der Waals surface area (Å²) in [6, 6.07) is 8.90. The molecule has 0 aliphatic rings. The first-order valence-corrected chi connectivity index (χ1v) is 6.40. The Balaban J connectivity index is 1.94. The number of rotatable bonds is 6. The van der Waals surface area contributed by atoms with Gasteiger partial charge in [0.15, 0.2) is 0 Å². The number of aromatic nitrogens is 1. The maximum atomic E-state index is 11.2. The molecule has 1 aromatic carbocycles. The second kappa shape index (κ2) is 6.18. The van der Waals surface area contributed by atoms with Crippen LogP contribution in [0.2, 0.25) is 0 Å². The molecule has 0 unspecified atom stereocenters. The van der Waals surface area contributed by atoms with Crippen LogP contribution in [-0.2, 0) is 4.79 Å². The summed E-state index contributed by atoms with van der Waals surface area (Å²) in [5.74, 6) is 0.945. The van der Waals surface area contributed by atoms with Crippen LogP contribution in [0.15, 0.2) is 35.1 Å². The molecule has 0 bridgehead atoms. The third-order valence-electron chi connectivity index (χ3n) is 2.89. The molecule has 0 amide bonds. The highest BCUT2D eigenvalue weighted by Gasteiger charge is 1.99. The number of unbranched alkanes of at least 4 members (excludes halogenated alkanes) is 1. The Kier molecular flexibility index (Phi) is 4.34. The van der Waals surface area contributed by atoms with Crippen molar-refractivity contribution in [1.82, 2.24) is 4.98 Å². The second-order valence-corrected chi connectivity index (χ2v) is 4.58. The Bertz CT molecular complexity index is 631. The topological polar surface area (TPSA) is 59.2 Å². The van der Waals surface area contributed by atoms with Crippen LogP contribution in [0.3, 0.4) is 0 Å². The number of aromatic amines is 1. The van der Waals surface area contributed by atoms with Crippen LogP contribution in [-0.4, -0.2) is 17.4 Å². The minimum Gasteiger partial charge on any atom is -0.494 e. The Morgan fingerprint density at radius 2 is 2.00 bits per heavy atom. The maximum absolute atomic E-state index is 11.2. The zero-order chi connectivity index (χ0) is 13.7. The van der Waals surface area contributed by atoms with Gasteiger partial charge in [0, 0.05) is 18.6 Å². The molecular formula is C15H17NO3. The second-order valence-electron chi connectivity index (χ2n) is 4.58. The molecular weight excluding hydrogens is 242 g/mol. The van der Waals surface area contributed by atoms with Gasteiger partial charge in [-0.15, -0.1) is 0 Å². The van der Waals surface area contributed by atoms with E-state index in [0.29, 0.717) is 13.0 Å². The predicted octanol–water partition coefficient (Wildman–Crippen LogP) is 2.67. The lowest BCUT2D eigenvalue weighted by Crippen LogP contribution is -2.03. The molecule has 0 atom stereocenters. The van der Waals surface area contributed by atoms with Crippen LogP contribution in [0.1, 0.15) is 26.2 Å². The zero-order valence-corrected chi connectivity index (χ0v) is 10.9. The highest BCUT2D eigenvalue weighted by atomic mass is 16.5. The molecule has 1 aromatic heterocycles. The number of ether oxygens (including phenoxy) is 1. The van der Waals surface area contributed by atoms with E-state index in [4.69, 9.17) is 4.74 Å². The van der Waals surface area contributed by atoms with Crippen LogP contribution in [0.25, 0.3) is 10.9 Å².